The molecule has 146 valence electrons. The molecule has 4 heteroatoms. The quantitative estimate of drug-likeness (QED) is 0.582. The lowest BCUT2D eigenvalue weighted by molar-refractivity contribution is 0.475. The number of halogens is 1. The molecule has 0 saturated heterocycles. The maximum Gasteiger partial charge on any atom is 0.115 e. The van der Waals surface area contributed by atoms with Gasteiger partial charge in [0, 0.05) is 35.8 Å². The van der Waals surface area contributed by atoms with Crippen LogP contribution in [0.5, 0.6) is 5.75 Å². The standard InChI is InChI=1S/C25H23ClN2O/c1-3-17-5-4-6-18(13-17)14-21-16-28(2)24-12-9-20(26)15-23(24)25(27-21)19-7-10-22(29)11-8-19/h4-13,15-16,29H,3,14H2,1-2H3. The van der Waals surface area contributed by atoms with Crippen LogP contribution in [0.2, 0.25) is 5.02 Å². The zero-order chi connectivity index (χ0) is 20.4. The minimum Gasteiger partial charge on any atom is -0.508 e. The van der Waals surface area contributed by atoms with E-state index < -0.39 is 0 Å². The lowest BCUT2D eigenvalue weighted by Crippen LogP contribution is -2.12. The number of hydrogen-bond donors (Lipinski definition) is 1. The first-order valence-corrected chi connectivity index (χ1v) is 10.1. The number of rotatable bonds is 4. The van der Waals surface area contributed by atoms with E-state index in [0.717, 1.165) is 41.1 Å². The van der Waals surface area contributed by atoms with E-state index in [0.29, 0.717) is 5.02 Å². The molecule has 1 N–H and O–H groups in total. The predicted octanol–water partition coefficient (Wildman–Crippen LogP) is 5.98. The van der Waals surface area contributed by atoms with Gasteiger partial charge in [-0.15, -0.1) is 0 Å². The molecule has 1 heterocycles. The second-order valence-corrected chi connectivity index (χ2v) is 7.69. The van der Waals surface area contributed by atoms with E-state index in [1.807, 2.05) is 37.4 Å². The minimum atomic E-state index is 0.235. The van der Waals surface area contributed by atoms with Gasteiger partial charge in [0.25, 0.3) is 0 Å². The Morgan fingerprint density at radius 1 is 0.966 bits per heavy atom. The molecule has 0 aliphatic carbocycles. The lowest BCUT2D eigenvalue weighted by atomic mass is 10.00. The smallest absolute Gasteiger partial charge is 0.115 e. The summed E-state index contributed by atoms with van der Waals surface area (Å²) in [6.07, 6.45) is 3.83. The average molecular weight is 403 g/mol. The fourth-order valence-electron chi connectivity index (χ4n) is 3.62. The first-order valence-electron chi connectivity index (χ1n) is 9.73. The summed E-state index contributed by atoms with van der Waals surface area (Å²) in [5, 5.41) is 10.4. The fraction of sp³-hybridized carbons (Fsp3) is 0.160. The van der Waals surface area contributed by atoms with E-state index in [1.54, 1.807) is 12.1 Å². The zero-order valence-electron chi connectivity index (χ0n) is 16.6. The number of hydrogen-bond acceptors (Lipinski definition) is 3. The number of fused-ring (bicyclic) bond motifs is 1. The molecule has 0 unspecified atom stereocenters. The van der Waals surface area contributed by atoms with E-state index in [4.69, 9.17) is 16.6 Å². The van der Waals surface area contributed by atoms with E-state index in [1.165, 1.54) is 11.1 Å². The van der Waals surface area contributed by atoms with Gasteiger partial charge in [0.15, 0.2) is 0 Å². The number of phenolic OH excluding ortho intramolecular Hbond substituents is 1. The minimum absolute atomic E-state index is 0.235. The summed E-state index contributed by atoms with van der Waals surface area (Å²) in [5.41, 5.74) is 7.33. The molecule has 0 atom stereocenters. The molecule has 1 aliphatic rings. The van der Waals surface area contributed by atoms with E-state index in [-0.39, 0.29) is 5.75 Å². The third kappa shape index (κ3) is 4.20. The van der Waals surface area contributed by atoms with Crippen LogP contribution in [0.4, 0.5) is 5.69 Å². The molecule has 0 aromatic heterocycles. The van der Waals surface area contributed by atoms with Crippen molar-refractivity contribution in [2.24, 2.45) is 4.99 Å². The molecule has 3 nitrogen and oxygen atoms in total. The monoisotopic (exact) mass is 402 g/mol. The average Bonchev–Trinajstić information content (AvgIpc) is 2.85. The predicted molar refractivity (Wildman–Crippen MR) is 121 cm³/mol. The summed E-state index contributed by atoms with van der Waals surface area (Å²) in [5.74, 6) is 0.235. The Hall–Kier alpha value is -3.04. The van der Waals surface area contributed by atoms with Gasteiger partial charge in [-0.25, -0.2) is 0 Å². The van der Waals surface area contributed by atoms with Gasteiger partial charge >= 0.3 is 0 Å². The highest BCUT2D eigenvalue weighted by Gasteiger charge is 2.19. The number of aryl methyl sites for hydroxylation is 1. The van der Waals surface area contributed by atoms with Crippen LogP contribution in [0, 0.1) is 0 Å². The highest BCUT2D eigenvalue weighted by molar-refractivity contribution is 6.31. The largest absolute Gasteiger partial charge is 0.508 e. The van der Waals surface area contributed by atoms with Gasteiger partial charge in [0.2, 0.25) is 0 Å². The van der Waals surface area contributed by atoms with Gasteiger partial charge in [0.05, 0.1) is 17.1 Å². The third-order valence-corrected chi connectivity index (χ3v) is 5.35. The molecule has 0 radical (unpaired) electrons. The van der Waals surface area contributed by atoms with Crippen LogP contribution in [0.1, 0.15) is 29.2 Å². The molecule has 29 heavy (non-hydrogen) atoms. The van der Waals surface area contributed by atoms with Crippen molar-refractivity contribution in [2.45, 2.75) is 19.8 Å². The van der Waals surface area contributed by atoms with Crippen molar-refractivity contribution in [3.63, 3.8) is 0 Å². The SMILES string of the molecule is CCc1cccc(CC2=CN(C)c3ccc(Cl)cc3C(c3ccc(O)cc3)=N2)c1. The molecule has 3 aromatic carbocycles. The maximum atomic E-state index is 9.71. The van der Waals surface area contributed by atoms with Gasteiger partial charge in [-0.3, -0.25) is 4.99 Å². The van der Waals surface area contributed by atoms with Gasteiger partial charge in [-0.2, -0.15) is 0 Å². The number of anilines is 1. The summed E-state index contributed by atoms with van der Waals surface area (Å²) in [6.45, 7) is 2.17. The third-order valence-electron chi connectivity index (χ3n) is 5.12. The highest BCUT2D eigenvalue weighted by Crippen LogP contribution is 2.31. The van der Waals surface area contributed by atoms with Crippen LogP contribution in [0.25, 0.3) is 0 Å². The molecule has 0 fully saturated rings. The van der Waals surface area contributed by atoms with Crippen molar-refractivity contribution in [3.8, 4) is 5.75 Å². The topological polar surface area (TPSA) is 35.8 Å². The van der Waals surface area contributed by atoms with Crippen molar-refractivity contribution in [3.05, 3.63) is 106 Å². The van der Waals surface area contributed by atoms with Crippen LogP contribution in [-0.4, -0.2) is 17.9 Å². The molecule has 0 amide bonds. The van der Waals surface area contributed by atoms with E-state index >= 15 is 0 Å². The van der Waals surface area contributed by atoms with Gasteiger partial charge in [-0.05, 0) is 60.0 Å². The number of aliphatic imine (C=N–C) groups is 1. The van der Waals surface area contributed by atoms with Crippen molar-refractivity contribution in [1.29, 1.82) is 0 Å². The number of benzene rings is 3. The molecule has 0 spiro atoms. The lowest BCUT2D eigenvalue weighted by Gasteiger charge is -2.17. The normalized spacial score (nSPS) is 13.4. The summed E-state index contributed by atoms with van der Waals surface area (Å²) < 4.78 is 0. The van der Waals surface area contributed by atoms with Crippen LogP contribution < -0.4 is 4.90 Å². The van der Waals surface area contributed by atoms with Crippen molar-refractivity contribution < 1.29 is 5.11 Å². The number of phenols is 1. The van der Waals surface area contributed by atoms with Crippen LogP contribution in [0.15, 0.2) is 83.6 Å². The van der Waals surface area contributed by atoms with Crippen LogP contribution in [0.3, 0.4) is 0 Å². The number of allylic oxidation sites excluding steroid dienone is 1. The Bertz CT molecular complexity index is 1100. The Balaban J connectivity index is 1.82. The second kappa shape index (κ2) is 8.14. The van der Waals surface area contributed by atoms with Crippen molar-refractivity contribution in [1.82, 2.24) is 0 Å². The first-order chi connectivity index (χ1) is 14.0. The van der Waals surface area contributed by atoms with E-state index in [9.17, 15) is 5.11 Å². The highest BCUT2D eigenvalue weighted by atomic mass is 35.5. The first kappa shape index (κ1) is 19.3. The van der Waals surface area contributed by atoms with Gasteiger partial charge < -0.3 is 10.0 Å². The molecule has 1 aliphatic heterocycles. The fourth-order valence-corrected chi connectivity index (χ4v) is 3.80. The molecule has 0 bridgehead atoms. The second-order valence-electron chi connectivity index (χ2n) is 7.25. The maximum absolute atomic E-state index is 9.71. The van der Waals surface area contributed by atoms with Gasteiger partial charge in [0.1, 0.15) is 5.75 Å². The Morgan fingerprint density at radius 3 is 2.48 bits per heavy atom. The van der Waals surface area contributed by atoms with Crippen LogP contribution in [-0.2, 0) is 12.8 Å². The Kier molecular flexibility index (Phi) is 5.41. The summed E-state index contributed by atoms with van der Waals surface area (Å²) in [4.78, 5) is 7.15. The van der Waals surface area contributed by atoms with Gasteiger partial charge in [-0.1, -0.05) is 42.8 Å². The van der Waals surface area contributed by atoms with Crippen molar-refractivity contribution >= 4 is 23.0 Å². The summed E-state index contributed by atoms with van der Waals surface area (Å²) in [6, 6.07) is 21.7. The molecular weight excluding hydrogens is 380 g/mol. The molecule has 3 aromatic rings. The van der Waals surface area contributed by atoms with E-state index in [2.05, 4.69) is 42.3 Å². The number of aromatic hydroxyl groups is 1. The molecule has 4 rings (SSSR count). The molecule has 0 saturated carbocycles. The Labute approximate surface area is 176 Å². The van der Waals surface area contributed by atoms with Crippen molar-refractivity contribution in [2.75, 3.05) is 11.9 Å². The molecular formula is C25H23ClN2O. The zero-order valence-corrected chi connectivity index (χ0v) is 17.3. The Morgan fingerprint density at radius 2 is 1.72 bits per heavy atom. The summed E-state index contributed by atoms with van der Waals surface area (Å²) >= 11 is 6.32. The number of nitrogens with zero attached hydrogens (tertiary/aromatic N) is 2. The van der Waals surface area contributed by atoms with Crippen LogP contribution >= 0.6 is 11.6 Å². The summed E-state index contributed by atoms with van der Waals surface area (Å²) in [7, 11) is 2.03.